The van der Waals surface area contributed by atoms with Crippen molar-refractivity contribution in [3.05, 3.63) is 25.3 Å². The zero-order chi connectivity index (χ0) is 15.1. The molecule has 0 radical (unpaired) electrons. The molecule has 114 valence electrons. The van der Waals surface area contributed by atoms with Crippen LogP contribution in [0.15, 0.2) is 25.3 Å². The summed E-state index contributed by atoms with van der Waals surface area (Å²) in [6.07, 6.45) is 9.19. The van der Waals surface area contributed by atoms with Crippen LogP contribution >= 0.6 is 0 Å². The highest BCUT2D eigenvalue weighted by atomic mass is 16.5. The first-order valence-corrected chi connectivity index (χ1v) is 7.23. The van der Waals surface area contributed by atoms with Crippen LogP contribution in [0.1, 0.15) is 51.4 Å². The zero-order valence-electron chi connectivity index (χ0n) is 12.3. The Kier molecular flexibility index (Phi) is 12.7. The van der Waals surface area contributed by atoms with Gasteiger partial charge >= 0.3 is 11.9 Å². The molecule has 0 aromatic heterocycles. The number of ether oxygens (including phenoxy) is 2. The first-order chi connectivity index (χ1) is 9.70. The number of hydrogen-bond donors (Lipinski definition) is 0. The standard InChI is InChI=1S/C16H26O4/c1-3-5-13-19-15(17)11-9-7-8-10-12-16(18)20-14-6-4-2/h3-4H,1-2,5-14H2. The SMILES string of the molecule is C=CCCOC(=O)CCCCCCC(=O)OCCC=C. The summed E-state index contributed by atoms with van der Waals surface area (Å²) in [6.45, 7) is 7.95. The molecule has 0 aromatic rings. The minimum absolute atomic E-state index is 0.157. The van der Waals surface area contributed by atoms with Crippen molar-refractivity contribution in [2.75, 3.05) is 13.2 Å². The molecule has 0 aliphatic rings. The second kappa shape index (κ2) is 13.8. The zero-order valence-corrected chi connectivity index (χ0v) is 12.3. The number of carbonyl (C=O) groups excluding carboxylic acids is 2. The first-order valence-electron chi connectivity index (χ1n) is 7.23. The van der Waals surface area contributed by atoms with Crippen molar-refractivity contribution in [3.8, 4) is 0 Å². The lowest BCUT2D eigenvalue weighted by molar-refractivity contribution is -0.144. The number of esters is 2. The Morgan fingerprint density at radius 1 is 0.750 bits per heavy atom. The summed E-state index contributed by atoms with van der Waals surface area (Å²) < 4.78 is 9.98. The predicted molar refractivity (Wildman–Crippen MR) is 79.2 cm³/mol. The van der Waals surface area contributed by atoms with E-state index in [0.29, 0.717) is 38.9 Å². The van der Waals surface area contributed by atoms with Crippen molar-refractivity contribution in [1.29, 1.82) is 0 Å². The van der Waals surface area contributed by atoms with Crippen LogP contribution in [0.3, 0.4) is 0 Å². The highest BCUT2D eigenvalue weighted by Gasteiger charge is 2.04. The van der Waals surface area contributed by atoms with Crippen molar-refractivity contribution in [2.45, 2.75) is 51.4 Å². The van der Waals surface area contributed by atoms with Gasteiger partial charge in [-0.15, -0.1) is 13.2 Å². The molecule has 0 aliphatic heterocycles. The molecule has 4 heteroatoms. The second-order valence-corrected chi connectivity index (χ2v) is 4.51. The quantitative estimate of drug-likeness (QED) is 0.294. The van der Waals surface area contributed by atoms with Gasteiger partial charge in [0.25, 0.3) is 0 Å². The van der Waals surface area contributed by atoms with Gasteiger partial charge in [0.2, 0.25) is 0 Å². The third-order valence-corrected chi connectivity index (χ3v) is 2.68. The summed E-state index contributed by atoms with van der Waals surface area (Å²) in [5, 5.41) is 0. The highest BCUT2D eigenvalue weighted by Crippen LogP contribution is 2.07. The second-order valence-electron chi connectivity index (χ2n) is 4.51. The lowest BCUT2D eigenvalue weighted by atomic mass is 10.1. The normalized spacial score (nSPS) is 9.80. The van der Waals surface area contributed by atoms with Crippen molar-refractivity contribution in [3.63, 3.8) is 0 Å². The van der Waals surface area contributed by atoms with E-state index in [1.165, 1.54) is 0 Å². The van der Waals surface area contributed by atoms with Crippen LogP contribution in [0, 0.1) is 0 Å². The molecule has 0 saturated heterocycles. The van der Waals surface area contributed by atoms with Crippen LogP contribution in [-0.2, 0) is 19.1 Å². The fourth-order valence-corrected chi connectivity index (χ4v) is 1.55. The minimum Gasteiger partial charge on any atom is -0.465 e. The van der Waals surface area contributed by atoms with Crippen LogP contribution in [0.4, 0.5) is 0 Å². The molecule has 0 aromatic carbocycles. The van der Waals surface area contributed by atoms with Gasteiger partial charge in [0.15, 0.2) is 0 Å². The molecule has 20 heavy (non-hydrogen) atoms. The maximum absolute atomic E-state index is 11.3. The van der Waals surface area contributed by atoms with Gasteiger partial charge in [0, 0.05) is 12.8 Å². The van der Waals surface area contributed by atoms with Crippen LogP contribution in [0.2, 0.25) is 0 Å². The molecule has 0 rings (SSSR count). The fraction of sp³-hybridized carbons (Fsp3) is 0.625. The van der Waals surface area contributed by atoms with E-state index in [1.54, 1.807) is 12.2 Å². The maximum Gasteiger partial charge on any atom is 0.305 e. The van der Waals surface area contributed by atoms with Crippen LogP contribution < -0.4 is 0 Å². The topological polar surface area (TPSA) is 52.6 Å². The Labute approximate surface area is 121 Å². The molecule has 0 N–H and O–H groups in total. The highest BCUT2D eigenvalue weighted by molar-refractivity contribution is 5.69. The average Bonchev–Trinajstić information content (AvgIpc) is 2.43. The number of rotatable bonds is 13. The third kappa shape index (κ3) is 12.9. The van der Waals surface area contributed by atoms with E-state index in [0.717, 1.165) is 25.7 Å². The molecule has 0 aliphatic carbocycles. The van der Waals surface area contributed by atoms with Gasteiger partial charge in [-0.3, -0.25) is 9.59 Å². The predicted octanol–water partition coefficient (Wildman–Crippen LogP) is 3.57. The van der Waals surface area contributed by atoms with Crippen molar-refractivity contribution < 1.29 is 19.1 Å². The summed E-state index contributed by atoms with van der Waals surface area (Å²) in [7, 11) is 0. The van der Waals surface area contributed by atoms with E-state index < -0.39 is 0 Å². The van der Waals surface area contributed by atoms with Gasteiger partial charge in [0.05, 0.1) is 13.2 Å². The number of unbranched alkanes of at least 4 members (excludes halogenated alkanes) is 3. The van der Waals surface area contributed by atoms with Crippen molar-refractivity contribution in [1.82, 2.24) is 0 Å². The van der Waals surface area contributed by atoms with E-state index >= 15 is 0 Å². The van der Waals surface area contributed by atoms with Gasteiger partial charge in [-0.25, -0.2) is 0 Å². The van der Waals surface area contributed by atoms with Gasteiger partial charge in [-0.2, -0.15) is 0 Å². The van der Waals surface area contributed by atoms with E-state index in [9.17, 15) is 9.59 Å². The molecule has 0 unspecified atom stereocenters. The molecule has 0 heterocycles. The molecular formula is C16H26O4. The first kappa shape index (κ1) is 18.4. The van der Waals surface area contributed by atoms with Crippen LogP contribution in [0.5, 0.6) is 0 Å². The Morgan fingerprint density at radius 3 is 1.50 bits per heavy atom. The maximum atomic E-state index is 11.3. The summed E-state index contributed by atoms with van der Waals surface area (Å²) in [5.41, 5.74) is 0. The smallest absolute Gasteiger partial charge is 0.305 e. The van der Waals surface area contributed by atoms with E-state index in [1.807, 2.05) is 0 Å². The van der Waals surface area contributed by atoms with Gasteiger partial charge < -0.3 is 9.47 Å². The molecule has 0 atom stereocenters. The number of carbonyl (C=O) groups is 2. The van der Waals surface area contributed by atoms with E-state index in [4.69, 9.17) is 9.47 Å². The van der Waals surface area contributed by atoms with Crippen LogP contribution in [0.25, 0.3) is 0 Å². The van der Waals surface area contributed by atoms with Gasteiger partial charge in [-0.05, 0) is 25.7 Å². The Hall–Kier alpha value is -1.58. The van der Waals surface area contributed by atoms with Gasteiger partial charge in [0.1, 0.15) is 0 Å². The van der Waals surface area contributed by atoms with Gasteiger partial charge in [-0.1, -0.05) is 25.0 Å². The summed E-state index contributed by atoms with van der Waals surface area (Å²) in [5.74, 6) is -0.314. The minimum atomic E-state index is -0.157. The van der Waals surface area contributed by atoms with E-state index in [2.05, 4.69) is 13.2 Å². The summed E-state index contributed by atoms with van der Waals surface area (Å²) in [6, 6.07) is 0. The monoisotopic (exact) mass is 282 g/mol. The third-order valence-electron chi connectivity index (χ3n) is 2.68. The lowest BCUT2D eigenvalue weighted by Crippen LogP contribution is -2.06. The summed E-state index contributed by atoms with van der Waals surface area (Å²) >= 11 is 0. The average molecular weight is 282 g/mol. The molecular weight excluding hydrogens is 256 g/mol. The molecule has 0 fully saturated rings. The molecule has 0 spiro atoms. The van der Waals surface area contributed by atoms with Crippen molar-refractivity contribution >= 4 is 11.9 Å². The summed E-state index contributed by atoms with van der Waals surface area (Å²) in [4.78, 5) is 22.5. The largest absolute Gasteiger partial charge is 0.465 e. The number of hydrogen-bond acceptors (Lipinski definition) is 4. The molecule has 0 saturated carbocycles. The van der Waals surface area contributed by atoms with E-state index in [-0.39, 0.29) is 11.9 Å². The molecule has 4 nitrogen and oxygen atoms in total. The molecule has 0 bridgehead atoms. The lowest BCUT2D eigenvalue weighted by Gasteiger charge is -2.04. The Bertz CT molecular complexity index is 267. The van der Waals surface area contributed by atoms with Crippen molar-refractivity contribution in [2.24, 2.45) is 0 Å². The Balaban J connectivity index is 3.30. The van der Waals surface area contributed by atoms with Crippen LogP contribution in [-0.4, -0.2) is 25.2 Å². The fourth-order valence-electron chi connectivity index (χ4n) is 1.55. The molecule has 0 amide bonds. The Morgan fingerprint density at radius 2 is 1.15 bits per heavy atom.